The molecule has 0 radical (unpaired) electrons. The third-order valence-electron chi connectivity index (χ3n) is 4.31. The van der Waals surface area contributed by atoms with Crippen LogP contribution in [0.25, 0.3) is 0 Å². The van der Waals surface area contributed by atoms with E-state index in [4.69, 9.17) is 9.47 Å². The van der Waals surface area contributed by atoms with Gasteiger partial charge in [0.2, 0.25) is 0 Å². The average molecular weight is 377 g/mol. The molecule has 0 aliphatic carbocycles. The lowest BCUT2D eigenvalue weighted by Gasteiger charge is -2.12. The first-order valence-corrected chi connectivity index (χ1v) is 8.97. The van der Waals surface area contributed by atoms with Gasteiger partial charge in [-0.2, -0.15) is 0 Å². The number of nitrogens with zero attached hydrogens (tertiary/aromatic N) is 1. The van der Waals surface area contributed by atoms with E-state index in [9.17, 15) is 4.79 Å². The standard InChI is InChI=1S/C22H23N3O3/c1-4-15-5-7-17(8-6-15)24-18-11-16(13-23-14-18)22(26)25-20-12-19(27-2)9-10-21(20)28-3/h5-14,24H,4H2,1-3H3,(H,25,26). The minimum atomic E-state index is -0.288. The van der Waals surface area contributed by atoms with Crippen LogP contribution in [0.15, 0.2) is 60.9 Å². The van der Waals surface area contributed by atoms with Gasteiger partial charge in [0.1, 0.15) is 11.5 Å². The molecule has 0 bridgehead atoms. The number of nitrogens with one attached hydrogen (secondary N) is 2. The van der Waals surface area contributed by atoms with Crippen molar-refractivity contribution in [2.75, 3.05) is 24.9 Å². The fraction of sp³-hybridized carbons (Fsp3) is 0.182. The molecular formula is C22H23N3O3. The Morgan fingerprint density at radius 1 is 0.964 bits per heavy atom. The largest absolute Gasteiger partial charge is 0.497 e. The van der Waals surface area contributed by atoms with Gasteiger partial charge in [0.15, 0.2) is 0 Å². The highest BCUT2D eigenvalue weighted by Gasteiger charge is 2.12. The van der Waals surface area contributed by atoms with Crippen LogP contribution < -0.4 is 20.1 Å². The lowest BCUT2D eigenvalue weighted by molar-refractivity contribution is 0.102. The van der Waals surface area contributed by atoms with Crippen LogP contribution >= 0.6 is 0 Å². The molecule has 0 aliphatic heterocycles. The fourth-order valence-corrected chi connectivity index (χ4v) is 2.73. The van der Waals surface area contributed by atoms with E-state index in [1.54, 1.807) is 44.7 Å². The van der Waals surface area contributed by atoms with Crippen molar-refractivity contribution in [3.63, 3.8) is 0 Å². The van der Waals surface area contributed by atoms with E-state index in [1.165, 1.54) is 11.8 Å². The van der Waals surface area contributed by atoms with Crippen LogP contribution in [-0.2, 0) is 6.42 Å². The molecule has 0 fully saturated rings. The van der Waals surface area contributed by atoms with E-state index in [1.807, 2.05) is 12.1 Å². The summed E-state index contributed by atoms with van der Waals surface area (Å²) in [6, 6.07) is 15.1. The molecule has 28 heavy (non-hydrogen) atoms. The number of methoxy groups -OCH3 is 2. The Morgan fingerprint density at radius 3 is 2.43 bits per heavy atom. The lowest BCUT2D eigenvalue weighted by atomic mass is 10.1. The third-order valence-corrected chi connectivity index (χ3v) is 4.31. The predicted octanol–water partition coefficient (Wildman–Crippen LogP) is 4.66. The van der Waals surface area contributed by atoms with Crippen molar-refractivity contribution < 1.29 is 14.3 Å². The summed E-state index contributed by atoms with van der Waals surface area (Å²) in [7, 11) is 3.12. The van der Waals surface area contributed by atoms with Crippen molar-refractivity contribution >= 4 is 23.0 Å². The third kappa shape index (κ3) is 4.59. The highest BCUT2D eigenvalue weighted by atomic mass is 16.5. The first kappa shape index (κ1) is 19.2. The zero-order valence-electron chi connectivity index (χ0n) is 16.2. The molecule has 2 aromatic carbocycles. The van der Waals surface area contributed by atoms with E-state index in [2.05, 4.69) is 34.7 Å². The summed E-state index contributed by atoms with van der Waals surface area (Å²) in [6.07, 6.45) is 4.19. The van der Waals surface area contributed by atoms with E-state index in [0.29, 0.717) is 22.7 Å². The second-order valence-electron chi connectivity index (χ2n) is 6.16. The molecule has 0 saturated heterocycles. The molecule has 0 aliphatic rings. The minimum Gasteiger partial charge on any atom is -0.497 e. The molecule has 1 amide bonds. The van der Waals surface area contributed by atoms with Crippen molar-refractivity contribution in [1.82, 2.24) is 4.98 Å². The maximum Gasteiger partial charge on any atom is 0.257 e. The molecule has 3 aromatic rings. The number of anilines is 3. The summed E-state index contributed by atoms with van der Waals surface area (Å²) in [5.41, 5.74) is 3.89. The van der Waals surface area contributed by atoms with Crippen LogP contribution in [0, 0.1) is 0 Å². The van der Waals surface area contributed by atoms with Crippen LogP contribution in [0.5, 0.6) is 11.5 Å². The molecule has 3 rings (SSSR count). The van der Waals surface area contributed by atoms with Gasteiger partial charge in [-0.3, -0.25) is 9.78 Å². The SMILES string of the molecule is CCc1ccc(Nc2cncc(C(=O)Nc3cc(OC)ccc3OC)c2)cc1. The summed E-state index contributed by atoms with van der Waals surface area (Å²) in [5.74, 6) is 0.886. The number of rotatable bonds is 7. The summed E-state index contributed by atoms with van der Waals surface area (Å²) in [4.78, 5) is 16.9. The van der Waals surface area contributed by atoms with E-state index in [-0.39, 0.29) is 5.91 Å². The van der Waals surface area contributed by atoms with Crippen molar-refractivity contribution in [2.24, 2.45) is 0 Å². The van der Waals surface area contributed by atoms with Gasteiger partial charge in [-0.05, 0) is 42.3 Å². The average Bonchev–Trinajstić information content (AvgIpc) is 2.74. The van der Waals surface area contributed by atoms with Crippen molar-refractivity contribution in [3.05, 3.63) is 72.1 Å². The van der Waals surface area contributed by atoms with Crippen molar-refractivity contribution in [1.29, 1.82) is 0 Å². The zero-order chi connectivity index (χ0) is 19.9. The topological polar surface area (TPSA) is 72.5 Å². The first-order valence-electron chi connectivity index (χ1n) is 8.97. The van der Waals surface area contributed by atoms with Crippen LogP contribution in [0.2, 0.25) is 0 Å². The normalized spacial score (nSPS) is 10.2. The minimum absolute atomic E-state index is 0.288. The number of carbonyl (C=O) groups is 1. The Kier molecular flexibility index (Phi) is 6.11. The Balaban J connectivity index is 1.76. The number of aromatic nitrogens is 1. The second-order valence-corrected chi connectivity index (χ2v) is 6.16. The maximum absolute atomic E-state index is 12.7. The molecule has 0 spiro atoms. The van der Waals surface area contributed by atoms with E-state index in [0.717, 1.165) is 17.8 Å². The Morgan fingerprint density at radius 2 is 1.75 bits per heavy atom. The predicted molar refractivity (Wildman–Crippen MR) is 111 cm³/mol. The highest BCUT2D eigenvalue weighted by molar-refractivity contribution is 6.05. The first-order chi connectivity index (χ1) is 13.6. The Hall–Kier alpha value is -3.54. The fourth-order valence-electron chi connectivity index (χ4n) is 2.73. The van der Waals surface area contributed by atoms with Gasteiger partial charge in [-0.15, -0.1) is 0 Å². The molecule has 1 aromatic heterocycles. The molecule has 2 N–H and O–H groups in total. The molecule has 144 valence electrons. The van der Waals surface area contributed by atoms with Gasteiger partial charge in [0.25, 0.3) is 5.91 Å². The lowest BCUT2D eigenvalue weighted by Crippen LogP contribution is -2.13. The van der Waals surface area contributed by atoms with Crippen LogP contribution in [0.3, 0.4) is 0 Å². The van der Waals surface area contributed by atoms with Crippen molar-refractivity contribution in [2.45, 2.75) is 13.3 Å². The second kappa shape index (κ2) is 8.90. The molecule has 6 heteroatoms. The van der Waals surface area contributed by atoms with Crippen LogP contribution in [-0.4, -0.2) is 25.1 Å². The van der Waals surface area contributed by atoms with Crippen molar-refractivity contribution in [3.8, 4) is 11.5 Å². The number of hydrogen-bond acceptors (Lipinski definition) is 5. The quantitative estimate of drug-likeness (QED) is 0.627. The molecule has 6 nitrogen and oxygen atoms in total. The van der Waals surface area contributed by atoms with Crippen LogP contribution in [0.4, 0.5) is 17.1 Å². The summed E-state index contributed by atoms with van der Waals surface area (Å²) < 4.78 is 10.5. The van der Waals surface area contributed by atoms with Gasteiger partial charge in [0, 0.05) is 18.0 Å². The summed E-state index contributed by atoms with van der Waals surface area (Å²) >= 11 is 0. The zero-order valence-corrected chi connectivity index (χ0v) is 16.2. The van der Waals surface area contributed by atoms with E-state index >= 15 is 0 Å². The van der Waals surface area contributed by atoms with Crippen LogP contribution in [0.1, 0.15) is 22.8 Å². The number of hydrogen-bond donors (Lipinski definition) is 2. The Labute approximate surface area is 164 Å². The number of benzene rings is 2. The monoisotopic (exact) mass is 377 g/mol. The summed E-state index contributed by atoms with van der Waals surface area (Å²) in [5, 5.41) is 6.11. The van der Waals surface area contributed by atoms with E-state index < -0.39 is 0 Å². The van der Waals surface area contributed by atoms with Gasteiger partial charge in [-0.25, -0.2) is 0 Å². The number of aryl methyl sites for hydroxylation is 1. The molecular weight excluding hydrogens is 354 g/mol. The number of carbonyl (C=O) groups excluding carboxylic acids is 1. The van der Waals surface area contributed by atoms with Gasteiger partial charge in [-0.1, -0.05) is 19.1 Å². The van der Waals surface area contributed by atoms with Gasteiger partial charge < -0.3 is 20.1 Å². The molecule has 0 atom stereocenters. The Bertz CT molecular complexity index is 955. The number of amides is 1. The molecule has 0 unspecified atom stereocenters. The smallest absolute Gasteiger partial charge is 0.257 e. The molecule has 0 saturated carbocycles. The van der Waals surface area contributed by atoms with Gasteiger partial charge in [0.05, 0.1) is 37.4 Å². The highest BCUT2D eigenvalue weighted by Crippen LogP contribution is 2.29. The number of ether oxygens (including phenoxy) is 2. The maximum atomic E-state index is 12.7. The molecule has 1 heterocycles. The summed E-state index contributed by atoms with van der Waals surface area (Å²) in [6.45, 7) is 2.12. The van der Waals surface area contributed by atoms with Gasteiger partial charge >= 0.3 is 0 Å². The number of pyridine rings is 1.